The average Bonchev–Trinajstić information content (AvgIpc) is 2.97. The van der Waals surface area contributed by atoms with Crippen LogP contribution in [0.3, 0.4) is 0 Å². The van der Waals surface area contributed by atoms with Crippen LogP contribution in [0.4, 0.5) is 0 Å². The van der Waals surface area contributed by atoms with E-state index in [-0.39, 0.29) is 0 Å². The first-order chi connectivity index (χ1) is 10.7. The third kappa shape index (κ3) is 2.28. The number of aromatic nitrogens is 2. The van der Waals surface area contributed by atoms with Crippen molar-refractivity contribution in [2.24, 2.45) is 5.92 Å². The van der Waals surface area contributed by atoms with Crippen molar-refractivity contribution in [3.63, 3.8) is 0 Å². The van der Waals surface area contributed by atoms with Crippen LogP contribution in [-0.2, 0) is 6.54 Å². The number of aromatic amines is 1. The van der Waals surface area contributed by atoms with Gasteiger partial charge in [0.2, 0.25) is 0 Å². The number of hydrogen-bond acceptors (Lipinski definition) is 4. The zero-order valence-corrected chi connectivity index (χ0v) is 12.4. The smallest absolute Gasteiger partial charge is 0.336 e. The Hall–Kier alpha value is -1.92. The third-order valence-corrected chi connectivity index (χ3v) is 5.08. The minimum Gasteiger partial charge on any atom is -0.478 e. The zero-order valence-electron chi connectivity index (χ0n) is 12.4. The summed E-state index contributed by atoms with van der Waals surface area (Å²) >= 11 is 0. The summed E-state index contributed by atoms with van der Waals surface area (Å²) in [7, 11) is 0. The van der Waals surface area contributed by atoms with E-state index >= 15 is 0 Å². The molecule has 4 heterocycles. The number of nitrogens with zero attached hydrogens (tertiary/aromatic N) is 2. The van der Waals surface area contributed by atoms with Gasteiger partial charge in [0.25, 0.3) is 0 Å². The van der Waals surface area contributed by atoms with Gasteiger partial charge in [-0.1, -0.05) is 6.07 Å². The Morgan fingerprint density at radius 1 is 1.41 bits per heavy atom. The minimum atomic E-state index is -0.906. The number of aromatic carboxylic acids is 1. The van der Waals surface area contributed by atoms with E-state index in [1.165, 1.54) is 25.9 Å². The largest absolute Gasteiger partial charge is 0.478 e. The van der Waals surface area contributed by atoms with E-state index in [2.05, 4.69) is 20.4 Å². The lowest BCUT2D eigenvalue weighted by Crippen LogP contribution is -2.55. The number of hydrogen-bond donors (Lipinski definition) is 3. The number of fused-ring (bicyclic) bond motifs is 4. The Kier molecular flexibility index (Phi) is 3.35. The van der Waals surface area contributed by atoms with Gasteiger partial charge in [-0.2, -0.15) is 5.10 Å². The van der Waals surface area contributed by atoms with Gasteiger partial charge in [0.05, 0.1) is 16.8 Å². The number of nitrogens with one attached hydrogen (secondary N) is 2. The highest BCUT2D eigenvalue weighted by molar-refractivity contribution is 6.03. The predicted molar refractivity (Wildman–Crippen MR) is 82.8 cm³/mol. The second kappa shape index (κ2) is 5.37. The molecule has 3 saturated heterocycles. The summed E-state index contributed by atoms with van der Waals surface area (Å²) in [6.45, 7) is 4.15. The number of H-pyrrole nitrogens is 1. The number of carbonyl (C=O) groups is 1. The topological polar surface area (TPSA) is 81.2 Å². The molecular formula is C16H20N4O2. The van der Waals surface area contributed by atoms with Crippen molar-refractivity contribution in [2.45, 2.75) is 25.4 Å². The molecule has 1 atom stereocenters. The van der Waals surface area contributed by atoms with Crippen LogP contribution in [-0.4, -0.2) is 51.8 Å². The van der Waals surface area contributed by atoms with Gasteiger partial charge in [0.15, 0.2) is 0 Å². The normalized spacial score (nSPS) is 27.4. The molecule has 3 N–H and O–H groups in total. The monoisotopic (exact) mass is 300 g/mol. The summed E-state index contributed by atoms with van der Waals surface area (Å²) in [5.41, 5.74) is 1.90. The van der Waals surface area contributed by atoms with Crippen LogP contribution < -0.4 is 5.32 Å². The molecule has 6 heteroatoms. The predicted octanol–water partition coefficient (Wildman–Crippen LogP) is 1.44. The summed E-state index contributed by atoms with van der Waals surface area (Å²) in [6, 6.07) is 5.74. The fraction of sp³-hybridized carbons (Fsp3) is 0.500. The van der Waals surface area contributed by atoms with E-state index in [0.717, 1.165) is 29.1 Å². The molecule has 2 aromatic rings. The highest BCUT2D eigenvalue weighted by atomic mass is 16.4. The van der Waals surface area contributed by atoms with E-state index in [0.29, 0.717) is 18.2 Å². The molecule has 0 saturated carbocycles. The van der Waals surface area contributed by atoms with Gasteiger partial charge >= 0.3 is 5.97 Å². The average molecular weight is 300 g/mol. The van der Waals surface area contributed by atoms with Gasteiger partial charge < -0.3 is 15.3 Å². The van der Waals surface area contributed by atoms with Crippen LogP contribution >= 0.6 is 0 Å². The Labute approximate surface area is 128 Å². The summed E-state index contributed by atoms with van der Waals surface area (Å²) < 4.78 is 0. The SMILES string of the molecule is O=C(O)c1cccc2[nH]nc(CN[C@H]3CN4CCC3CC4)c12. The second-order valence-electron chi connectivity index (χ2n) is 6.33. The molecule has 5 rings (SSSR count). The second-order valence-corrected chi connectivity index (χ2v) is 6.33. The molecule has 22 heavy (non-hydrogen) atoms. The highest BCUT2D eigenvalue weighted by Gasteiger charge is 2.33. The molecular weight excluding hydrogens is 280 g/mol. The van der Waals surface area contributed by atoms with Gasteiger partial charge in [-0.25, -0.2) is 4.79 Å². The summed E-state index contributed by atoms with van der Waals surface area (Å²) in [5.74, 6) is -0.162. The van der Waals surface area contributed by atoms with E-state index < -0.39 is 5.97 Å². The molecule has 6 nitrogen and oxygen atoms in total. The Bertz CT molecular complexity index is 703. The van der Waals surface area contributed by atoms with Crippen LogP contribution in [0.2, 0.25) is 0 Å². The molecule has 0 amide bonds. The molecule has 1 aromatic heterocycles. The Morgan fingerprint density at radius 3 is 2.91 bits per heavy atom. The van der Waals surface area contributed by atoms with Crippen LogP contribution in [0.1, 0.15) is 28.9 Å². The zero-order chi connectivity index (χ0) is 15.1. The van der Waals surface area contributed by atoms with Crippen molar-refractivity contribution >= 4 is 16.9 Å². The lowest BCUT2D eigenvalue weighted by Gasteiger charge is -2.45. The van der Waals surface area contributed by atoms with E-state index in [1.807, 2.05) is 6.07 Å². The lowest BCUT2D eigenvalue weighted by atomic mass is 9.84. The van der Waals surface area contributed by atoms with Crippen LogP contribution in [0, 0.1) is 5.92 Å². The van der Waals surface area contributed by atoms with Crippen LogP contribution in [0.5, 0.6) is 0 Å². The molecule has 3 fully saturated rings. The van der Waals surface area contributed by atoms with Crippen LogP contribution in [0.15, 0.2) is 18.2 Å². The third-order valence-electron chi connectivity index (χ3n) is 5.08. The highest BCUT2D eigenvalue weighted by Crippen LogP contribution is 2.28. The number of rotatable bonds is 4. The van der Waals surface area contributed by atoms with Gasteiger partial charge in [-0.05, 0) is 44.0 Å². The van der Waals surface area contributed by atoms with Crippen molar-refractivity contribution in [1.82, 2.24) is 20.4 Å². The van der Waals surface area contributed by atoms with Gasteiger partial charge in [-0.15, -0.1) is 0 Å². The van der Waals surface area contributed by atoms with Crippen molar-refractivity contribution < 1.29 is 9.90 Å². The number of benzene rings is 1. The quantitative estimate of drug-likeness (QED) is 0.796. The van der Waals surface area contributed by atoms with E-state index in [1.54, 1.807) is 12.1 Å². The minimum absolute atomic E-state index is 0.317. The molecule has 2 bridgehead atoms. The maximum Gasteiger partial charge on any atom is 0.336 e. The number of carboxylic acid groups (broad SMARTS) is 1. The van der Waals surface area contributed by atoms with Gasteiger partial charge in [0.1, 0.15) is 0 Å². The first-order valence-corrected chi connectivity index (χ1v) is 7.87. The molecule has 3 aliphatic rings. The Morgan fingerprint density at radius 2 is 2.23 bits per heavy atom. The van der Waals surface area contributed by atoms with Gasteiger partial charge in [-0.3, -0.25) is 5.10 Å². The fourth-order valence-corrected chi connectivity index (χ4v) is 3.87. The Balaban J connectivity index is 1.56. The molecule has 0 spiro atoms. The van der Waals surface area contributed by atoms with Crippen molar-refractivity contribution in [3.8, 4) is 0 Å². The number of carboxylic acids is 1. The molecule has 0 unspecified atom stereocenters. The first kappa shape index (κ1) is 13.7. The van der Waals surface area contributed by atoms with Gasteiger partial charge in [0, 0.05) is 24.5 Å². The molecule has 0 radical (unpaired) electrons. The maximum atomic E-state index is 11.4. The standard InChI is InChI=1S/C16H20N4O2/c21-16(22)11-2-1-3-12-15(11)13(19-18-12)8-17-14-9-20-6-4-10(14)5-7-20/h1-3,10,14,17H,4-9H2,(H,18,19)(H,21,22)/t14-/m0/s1. The molecule has 0 aliphatic carbocycles. The number of piperidine rings is 3. The van der Waals surface area contributed by atoms with E-state index in [9.17, 15) is 9.90 Å². The summed E-state index contributed by atoms with van der Waals surface area (Å²) in [4.78, 5) is 13.9. The van der Waals surface area contributed by atoms with Crippen molar-refractivity contribution in [3.05, 3.63) is 29.5 Å². The van der Waals surface area contributed by atoms with Crippen LogP contribution in [0.25, 0.3) is 10.9 Å². The molecule has 1 aromatic carbocycles. The first-order valence-electron chi connectivity index (χ1n) is 7.87. The lowest BCUT2D eigenvalue weighted by molar-refractivity contribution is 0.0698. The van der Waals surface area contributed by atoms with E-state index in [4.69, 9.17) is 0 Å². The molecule has 116 valence electrons. The fourth-order valence-electron chi connectivity index (χ4n) is 3.87. The molecule has 3 aliphatic heterocycles. The maximum absolute atomic E-state index is 11.4. The van der Waals surface area contributed by atoms with Crippen molar-refractivity contribution in [2.75, 3.05) is 19.6 Å². The summed E-state index contributed by atoms with van der Waals surface area (Å²) in [5, 5.41) is 20.9. The van der Waals surface area contributed by atoms with Crippen molar-refractivity contribution in [1.29, 1.82) is 0 Å². The summed E-state index contributed by atoms with van der Waals surface area (Å²) in [6.07, 6.45) is 2.53.